The van der Waals surface area contributed by atoms with Gasteiger partial charge in [-0.15, -0.1) is 0 Å². The van der Waals surface area contributed by atoms with Gasteiger partial charge in [-0.2, -0.15) is 21.7 Å². The normalized spacial score (nSPS) is 22.9. The van der Waals surface area contributed by atoms with E-state index < -0.39 is 0 Å². The first-order chi connectivity index (χ1) is 9.25. The third kappa shape index (κ3) is 3.89. The average Bonchev–Trinajstić information content (AvgIpc) is 2.47. The molecule has 5 nitrogen and oxygen atoms in total. The van der Waals surface area contributed by atoms with Crippen molar-refractivity contribution in [3.05, 3.63) is 6.07 Å². The van der Waals surface area contributed by atoms with Gasteiger partial charge in [-0.05, 0) is 25.5 Å². The molecule has 0 bridgehead atoms. The topological polar surface area (TPSA) is 56.3 Å². The summed E-state index contributed by atoms with van der Waals surface area (Å²) >= 11 is 1.95. The minimum atomic E-state index is 0.433. The maximum atomic E-state index is 5.15. The number of thioether (sulfide) groups is 1. The first-order valence-electron chi connectivity index (χ1n) is 6.51. The predicted octanol–water partition coefficient (Wildman–Crippen LogP) is 2.58. The molecule has 1 fully saturated rings. The monoisotopic (exact) mass is 283 g/mol. The molecule has 0 radical (unpaired) electrons. The van der Waals surface area contributed by atoms with Crippen LogP contribution in [0.25, 0.3) is 0 Å². The number of methoxy groups -OCH3 is 2. The van der Waals surface area contributed by atoms with E-state index >= 15 is 0 Å². The van der Waals surface area contributed by atoms with Gasteiger partial charge >= 0.3 is 0 Å². The summed E-state index contributed by atoms with van der Waals surface area (Å²) in [5.41, 5.74) is 0. The number of nitrogens with one attached hydrogen (secondary N) is 1. The Balaban J connectivity index is 2.05. The van der Waals surface area contributed by atoms with Gasteiger partial charge in [-0.25, -0.2) is 0 Å². The van der Waals surface area contributed by atoms with Crippen LogP contribution < -0.4 is 14.8 Å². The van der Waals surface area contributed by atoms with Crippen LogP contribution in [0, 0.1) is 0 Å². The van der Waals surface area contributed by atoms with E-state index in [4.69, 9.17) is 9.47 Å². The summed E-state index contributed by atoms with van der Waals surface area (Å²) in [5.74, 6) is 1.63. The van der Waals surface area contributed by atoms with E-state index in [1.165, 1.54) is 19.3 Å². The van der Waals surface area contributed by atoms with E-state index in [0.29, 0.717) is 23.8 Å². The summed E-state index contributed by atoms with van der Waals surface area (Å²) in [6.45, 7) is 0. The van der Waals surface area contributed by atoms with Gasteiger partial charge in [0.2, 0.25) is 17.7 Å². The van der Waals surface area contributed by atoms with Gasteiger partial charge in [0, 0.05) is 11.3 Å². The summed E-state index contributed by atoms with van der Waals surface area (Å²) in [6, 6.07) is 2.11. The Labute approximate surface area is 118 Å². The van der Waals surface area contributed by atoms with Crippen LogP contribution in [-0.2, 0) is 0 Å². The van der Waals surface area contributed by atoms with Crippen molar-refractivity contribution in [3.8, 4) is 11.8 Å². The largest absolute Gasteiger partial charge is 0.481 e. The zero-order valence-corrected chi connectivity index (χ0v) is 12.5. The molecule has 0 spiro atoms. The first-order valence-corrected chi connectivity index (χ1v) is 7.80. The summed E-state index contributed by atoms with van der Waals surface area (Å²) in [6.07, 6.45) is 7.06. The molecule has 1 aliphatic carbocycles. The van der Waals surface area contributed by atoms with Crippen molar-refractivity contribution in [2.75, 3.05) is 25.8 Å². The van der Waals surface area contributed by atoms with Gasteiger partial charge < -0.3 is 14.8 Å². The number of ether oxygens (including phenoxy) is 2. The highest BCUT2D eigenvalue weighted by atomic mass is 32.2. The molecule has 1 N–H and O–H groups in total. The second-order valence-electron chi connectivity index (χ2n) is 4.64. The number of anilines is 1. The highest BCUT2D eigenvalue weighted by molar-refractivity contribution is 7.99. The molecule has 2 atom stereocenters. The Morgan fingerprint density at radius 1 is 1.21 bits per heavy atom. The minimum Gasteiger partial charge on any atom is -0.481 e. The van der Waals surface area contributed by atoms with Crippen LogP contribution in [0.15, 0.2) is 6.07 Å². The van der Waals surface area contributed by atoms with Crippen molar-refractivity contribution in [2.45, 2.75) is 37.0 Å². The van der Waals surface area contributed by atoms with Crippen LogP contribution in [0.4, 0.5) is 5.95 Å². The lowest BCUT2D eigenvalue weighted by Gasteiger charge is -2.28. The van der Waals surface area contributed by atoms with Gasteiger partial charge in [0.15, 0.2) is 0 Å². The summed E-state index contributed by atoms with van der Waals surface area (Å²) < 4.78 is 10.3. The molecule has 6 heteroatoms. The number of aromatic nitrogens is 2. The Kier molecular flexibility index (Phi) is 5.13. The molecule has 0 saturated heterocycles. The SMILES string of the molecule is COc1cc(OC)nc(NC2CCCC(SC)C2)n1. The summed E-state index contributed by atoms with van der Waals surface area (Å²) in [7, 11) is 3.19. The first kappa shape index (κ1) is 14.2. The van der Waals surface area contributed by atoms with Crippen LogP contribution in [0.5, 0.6) is 11.8 Å². The molecule has 2 rings (SSSR count). The summed E-state index contributed by atoms with van der Waals surface area (Å²) in [4.78, 5) is 8.63. The van der Waals surface area contributed by atoms with E-state index in [2.05, 4.69) is 21.5 Å². The Bertz CT molecular complexity index is 395. The molecular formula is C13H21N3O2S. The highest BCUT2D eigenvalue weighted by Crippen LogP contribution is 2.29. The molecule has 2 unspecified atom stereocenters. The molecule has 19 heavy (non-hydrogen) atoms. The second kappa shape index (κ2) is 6.84. The highest BCUT2D eigenvalue weighted by Gasteiger charge is 2.22. The zero-order valence-electron chi connectivity index (χ0n) is 11.7. The van der Waals surface area contributed by atoms with E-state index in [1.54, 1.807) is 20.3 Å². The molecule has 1 saturated carbocycles. The molecule has 1 aromatic heterocycles. The predicted molar refractivity (Wildman–Crippen MR) is 78.3 cm³/mol. The fraction of sp³-hybridized carbons (Fsp3) is 0.692. The van der Waals surface area contributed by atoms with Crippen LogP contribution in [0.3, 0.4) is 0 Å². The van der Waals surface area contributed by atoms with Crippen LogP contribution >= 0.6 is 11.8 Å². The third-order valence-electron chi connectivity index (χ3n) is 3.39. The van der Waals surface area contributed by atoms with Crippen LogP contribution in [-0.4, -0.2) is 41.7 Å². The van der Waals surface area contributed by atoms with Crippen LogP contribution in [0.1, 0.15) is 25.7 Å². The second-order valence-corrected chi connectivity index (χ2v) is 5.78. The maximum Gasteiger partial charge on any atom is 0.229 e. The lowest BCUT2D eigenvalue weighted by molar-refractivity contribution is 0.372. The van der Waals surface area contributed by atoms with Gasteiger partial charge in [0.1, 0.15) is 0 Å². The molecule has 1 aromatic rings. The lowest BCUT2D eigenvalue weighted by Crippen LogP contribution is -2.29. The Morgan fingerprint density at radius 3 is 2.47 bits per heavy atom. The van der Waals surface area contributed by atoms with Crippen molar-refractivity contribution in [3.63, 3.8) is 0 Å². The standard InChI is InChI=1S/C13H21N3O2S/c1-17-11-8-12(18-2)16-13(15-11)14-9-5-4-6-10(7-9)19-3/h8-10H,4-7H2,1-3H3,(H,14,15,16). The van der Waals surface area contributed by atoms with E-state index in [0.717, 1.165) is 11.7 Å². The Morgan fingerprint density at radius 2 is 1.89 bits per heavy atom. The zero-order chi connectivity index (χ0) is 13.7. The fourth-order valence-corrected chi connectivity index (χ4v) is 3.18. The average molecular weight is 283 g/mol. The smallest absolute Gasteiger partial charge is 0.229 e. The number of nitrogens with zero attached hydrogens (tertiary/aromatic N) is 2. The fourth-order valence-electron chi connectivity index (χ4n) is 2.35. The Hall–Kier alpha value is -1.17. The number of hydrogen-bond acceptors (Lipinski definition) is 6. The van der Waals surface area contributed by atoms with Crippen molar-refractivity contribution in [2.24, 2.45) is 0 Å². The minimum absolute atomic E-state index is 0.433. The molecule has 1 aliphatic rings. The van der Waals surface area contributed by atoms with Gasteiger partial charge in [0.25, 0.3) is 0 Å². The molecule has 1 heterocycles. The van der Waals surface area contributed by atoms with Gasteiger partial charge in [-0.1, -0.05) is 6.42 Å². The van der Waals surface area contributed by atoms with Gasteiger partial charge in [-0.3, -0.25) is 0 Å². The van der Waals surface area contributed by atoms with Crippen molar-refractivity contribution >= 4 is 17.7 Å². The molecule has 0 aliphatic heterocycles. The molecule has 0 aromatic carbocycles. The third-order valence-corrected chi connectivity index (χ3v) is 4.48. The molecule has 106 valence electrons. The van der Waals surface area contributed by atoms with E-state index in [1.807, 2.05) is 11.8 Å². The van der Waals surface area contributed by atoms with Crippen molar-refractivity contribution in [1.82, 2.24) is 9.97 Å². The molecule has 0 amide bonds. The lowest BCUT2D eigenvalue weighted by atomic mass is 9.95. The van der Waals surface area contributed by atoms with Crippen molar-refractivity contribution < 1.29 is 9.47 Å². The quantitative estimate of drug-likeness (QED) is 0.896. The number of hydrogen-bond donors (Lipinski definition) is 1. The van der Waals surface area contributed by atoms with E-state index in [-0.39, 0.29) is 0 Å². The van der Waals surface area contributed by atoms with Gasteiger partial charge in [0.05, 0.1) is 20.3 Å². The summed E-state index contributed by atoms with van der Waals surface area (Å²) in [5, 5.41) is 4.13. The van der Waals surface area contributed by atoms with Crippen LogP contribution in [0.2, 0.25) is 0 Å². The maximum absolute atomic E-state index is 5.15. The van der Waals surface area contributed by atoms with Crippen molar-refractivity contribution in [1.29, 1.82) is 0 Å². The molecular weight excluding hydrogens is 262 g/mol. The van der Waals surface area contributed by atoms with E-state index in [9.17, 15) is 0 Å². The number of rotatable bonds is 5.